The van der Waals surface area contributed by atoms with Gasteiger partial charge in [-0.2, -0.15) is 5.26 Å². The highest BCUT2D eigenvalue weighted by Crippen LogP contribution is 2.42. The highest BCUT2D eigenvalue weighted by molar-refractivity contribution is 5.85. The van der Waals surface area contributed by atoms with E-state index in [9.17, 15) is 9.59 Å². The first-order valence-corrected chi connectivity index (χ1v) is 9.73. The smallest absolute Gasteiger partial charge is 0.419 e. The van der Waals surface area contributed by atoms with Crippen molar-refractivity contribution in [2.75, 3.05) is 11.9 Å². The molecule has 10 heteroatoms. The van der Waals surface area contributed by atoms with Crippen LogP contribution < -0.4 is 20.5 Å². The minimum absolute atomic E-state index is 0.113. The van der Waals surface area contributed by atoms with E-state index in [1.807, 2.05) is 12.1 Å². The Morgan fingerprint density at radius 2 is 2.06 bits per heavy atom. The molecule has 0 atom stereocenters. The van der Waals surface area contributed by atoms with Gasteiger partial charge in [-0.1, -0.05) is 0 Å². The Morgan fingerprint density at radius 1 is 1.22 bits per heavy atom. The topological polar surface area (TPSA) is 153 Å². The number of amides is 2. The summed E-state index contributed by atoms with van der Waals surface area (Å²) < 4.78 is 10.7. The summed E-state index contributed by atoms with van der Waals surface area (Å²) in [5, 5.41) is 11.5. The third-order valence-electron chi connectivity index (χ3n) is 4.58. The maximum Gasteiger partial charge on any atom is 0.419 e. The lowest BCUT2D eigenvalue weighted by molar-refractivity contribution is -0.119. The minimum Gasteiger partial charge on any atom is -0.482 e. The fraction of sp³-hybridized carbons (Fsp3) is 0.182. The van der Waals surface area contributed by atoms with Crippen LogP contribution in [0.5, 0.6) is 11.6 Å². The van der Waals surface area contributed by atoms with E-state index in [2.05, 4.69) is 20.3 Å². The average molecular weight is 430 g/mol. The van der Waals surface area contributed by atoms with Crippen LogP contribution in [0.1, 0.15) is 29.9 Å². The Kier molecular flexibility index (Phi) is 5.89. The summed E-state index contributed by atoms with van der Waals surface area (Å²) in [7, 11) is 0. The molecule has 0 aliphatic heterocycles. The molecular weight excluding hydrogens is 412 g/mol. The molecule has 0 aromatic carbocycles. The summed E-state index contributed by atoms with van der Waals surface area (Å²) in [6.45, 7) is -0.268. The summed E-state index contributed by atoms with van der Waals surface area (Å²) in [6.07, 6.45) is 5.77. The molecule has 1 aliphatic rings. The molecule has 10 nitrogen and oxygen atoms in total. The van der Waals surface area contributed by atoms with E-state index in [-0.39, 0.29) is 18.3 Å². The number of ether oxygens (including phenoxy) is 2. The van der Waals surface area contributed by atoms with E-state index >= 15 is 0 Å². The standard InChI is InChI=1S/C22H18N6O4/c23-9-13-3-4-26-20(5-13)28-22(30)32-21-8-15(14-1-2-14)7-18(27-21)16-6-17(11-25-10-16)31-12-19(24)29/h3-8,10-11,14H,1-2,12H2,(H2,24,29)(H,26,28,30). The van der Waals surface area contributed by atoms with Gasteiger partial charge in [0, 0.05) is 24.0 Å². The Balaban J connectivity index is 1.56. The van der Waals surface area contributed by atoms with Crippen LogP contribution in [0.4, 0.5) is 10.6 Å². The van der Waals surface area contributed by atoms with Gasteiger partial charge in [-0.3, -0.25) is 15.1 Å². The number of aromatic nitrogens is 3. The third kappa shape index (κ3) is 5.34. The molecule has 1 aliphatic carbocycles. The van der Waals surface area contributed by atoms with Crippen molar-refractivity contribution in [2.24, 2.45) is 5.73 Å². The number of primary amides is 1. The number of anilines is 1. The Morgan fingerprint density at radius 3 is 2.81 bits per heavy atom. The van der Waals surface area contributed by atoms with Gasteiger partial charge in [0.1, 0.15) is 11.6 Å². The lowest BCUT2D eigenvalue weighted by Crippen LogP contribution is -2.20. The number of hydrogen-bond donors (Lipinski definition) is 2. The van der Waals surface area contributed by atoms with Crippen LogP contribution in [0.15, 0.2) is 48.9 Å². The Bertz CT molecular complexity index is 1220. The second-order valence-electron chi connectivity index (χ2n) is 7.12. The molecule has 32 heavy (non-hydrogen) atoms. The second-order valence-corrected chi connectivity index (χ2v) is 7.12. The number of carbonyl (C=O) groups is 2. The van der Waals surface area contributed by atoms with Crippen LogP contribution in [-0.2, 0) is 4.79 Å². The molecule has 4 rings (SSSR count). The monoisotopic (exact) mass is 430 g/mol. The summed E-state index contributed by atoms with van der Waals surface area (Å²) in [5.41, 5.74) is 7.63. The van der Waals surface area contributed by atoms with Crippen molar-refractivity contribution in [3.63, 3.8) is 0 Å². The normalized spacial score (nSPS) is 12.5. The van der Waals surface area contributed by atoms with Crippen molar-refractivity contribution < 1.29 is 19.1 Å². The third-order valence-corrected chi connectivity index (χ3v) is 4.58. The first-order chi connectivity index (χ1) is 15.5. The number of pyridine rings is 3. The summed E-state index contributed by atoms with van der Waals surface area (Å²) in [5.74, 6) is 0.445. The number of nitrogens with one attached hydrogen (secondary N) is 1. The highest BCUT2D eigenvalue weighted by atomic mass is 16.6. The zero-order valence-corrected chi connectivity index (χ0v) is 16.8. The zero-order valence-electron chi connectivity index (χ0n) is 16.8. The molecule has 0 saturated heterocycles. The van der Waals surface area contributed by atoms with Crippen LogP contribution in [-0.4, -0.2) is 33.6 Å². The van der Waals surface area contributed by atoms with Gasteiger partial charge in [0.2, 0.25) is 5.88 Å². The summed E-state index contributed by atoms with van der Waals surface area (Å²) >= 11 is 0. The highest BCUT2D eigenvalue weighted by Gasteiger charge is 2.25. The van der Waals surface area contributed by atoms with Gasteiger partial charge in [-0.25, -0.2) is 14.8 Å². The predicted octanol–water partition coefficient (Wildman–Crippen LogP) is 2.76. The van der Waals surface area contributed by atoms with Gasteiger partial charge in [-0.05, 0) is 48.6 Å². The van der Waals surface area contributed by atoms with E-state index in [1.54, 1.807) is 18.3 Å². The molecule has 3 N–H and O–H groups in total. The van der Waals surface area contributed by atoms with Gasteiger partial charge in [0.15, 0.2) is 6.61 Å². The number of nitriles is 1. The fourth-order valence-electron chi connectivity index (χ4n) is 2.96. The summed E-state index contributed by atoms with van der Waals surface area (Å²) in [4.78, 5) is 35.8. The van der Waals surface area contributed by atoms with Crippen LogP contribution >= 0.6 is 0 Å². The van der Waals surface area contributed by atoms with Crippen LogP contribution in [0.3, 0.4) is 0 Å². The van der Waals surface area contributed by atoms with Crippen LogP contribution in [0, 0.1) is 11.3 Å². The lowest BCUT2D eigenvalue weighted by Gasteiger charge is -2.11. The van der Waals surface area contributed by atoms with Crippen molar-refractivity contribution in [1.82, 2.24) is 15.0 Å². The molecule has 1 saturated carbocycles. The van der Waals surface area contributed by atoms with Crippen molar-refractivity contribution in [1.29, 1.82) is 5.26 Å². The van der Waals surface area contributed by atoms with Gasteiger partial charge in [0.25, 0.3) is 5.91 Å². The molecule has 160 valence electrons. The summed E-state index contributed by atoms with van der Waals surface area (Å²) in [6, 6.07) is 10.2. The molecule has 0 spiro atoms. The van der Waals surface area contributed by atoms with Crippen LogP contribution in [0.25, 0.3) is 11.3 Å². The van der Waals surface area contributed by atoms with E-state index in [1.165, 1.54) is 24.5 Å². The molecule has 2 amide bonds. The number of carbonyl (C=O) groups excluding carboxylic acids is 2. The lowest BCUT2D eigenvalue weighted by atomic mass is 10.1. The maximum absolute atomic E-state index is 12.4. The molecule has 0 radical (unpaired) electrons. The minimum atomic E-state index is -0.782. The number of hydrogen-bond acceptors (Lipinski definition) is 8. The first-order valence-electron chi connectivity index (χ1n) is 9.73. The molecule has 0 bridgehead atoms. The largest absolute Gasteiger partial charge is 0.482 e. The van der Waals surface area contributed by atoms with E-state index < -0.39 is 12.0 Å². The molecule has 1 fully saturated rings. The van der Waals surface area contributed by atoms with Crippen molar-refractivity contribution >= 4 is 17.8 Å². The molecular formula is C22H18N6O4. The van der Waals surface area contributed by atoms with Crippen LogP contribution in [0.2, 0.25) is 0 Å². The van der Waals surface area contributed by atoms with Crippen molar-refractivity contribution in [2.45, 2.75) is 18.8 Å². The SMILES string of the molecule is N#Cc1ccnc(NC(=O)Oc2cc(C3CC3)cc(-c3cncc(OCC(N)=O)c3)n2)c1. The van der Waals surface area contributed by atoms with Gasteiger partial charge in [0.05, 0.1) is 23.5 Å². The number of nitrogens with zero attached hydrogens (tertiary/aromatic N) is 4. The fourth-order valence-corrected chi connectivity index (χ4v) is 2.96. The molecule has 3 aromatic heterocycles. The van der Waals surface area contributed by atoms with Gasteiger partial charge >= 0.3 is 6.09 Å². The predicted molar refractivity (Wildman–Crippen MR) is 113 cm³/mol. The number of nitrogens with two attached hydrogens (primary N) is 1. The van der Waals surface area contributed by atoms with E-state index in [0.29, 0.717) is 28.5 Å². The van der Waals surface area contributed by atoms with E-state index in [4.69, 9.17) is 20.5 Å². The first kappa shape index (κ1) is 20.7. The molecule has 3 heterocycles. The Labute approximate surface area is 183 Å². The average Bonchev–Trinajstić information content (AvgIpc) is 3.63. The quantitative estimate of drug-likeness (QED) is 0.580. The Hall–Kier alpha value is -4.52. The second kappa shape index (κ2) is 9.09. The van der Waals surface area contributed by atoms with Crippen molar-refractivity contribution in [3.8, 4) is 29.0 Å². The molecule has 3 aromatic rings. The van der Waals surface area contributed by atoms with Gasteiger partial charge < -0.3 is 15.2 Å². The molecule has 0 unspecified atom stereocenters. The van der Waals surface area contributed by atoms with E-state index in [0.717, 1.165) is 18.4 Å². The van der Waals surface area contributed by atoms with Gasteiger partial charge in [-0.15, -0.1) is 0 Å². The van der Waals surface area contributed by atoms with Crippen molar-refractivity contribution in [3.05, 3.63) is 60.0 Å². The maximum atomic E-state index is 12.4. The number of rotatable bonds is 7. The zero-order chi connectivity index (χ0) is 22.5.